The standard InChI is InChI=1S/C18H15BrClNO2S/c19-13-6-7-16(15(11-13)17(24)21-8-1-2-9-21)23-18(22)12-4-3-5-14(20)10-12/h3-7,10-11H,1-2,8-9H2. The molecule has 124 valence electrons. The first-order chi connectivity index (χ1) is 11.5. The number of nitrogens with zero attached hydrogens (tertiary/aromatic N) is 1. The lowest BCUT2D eigenvalue weighted by Crippen LogP contribution is -2.27. The van der Waals surface area contributed by atoms with E-state index in [0.29, 0.717) is 21.3 Å². The fraction of sp³-hybridized carbons (Fsp3) is 0.222. The van der Waals surface area contributed by atoms with E-state index in [1.54, 1.807) is 30.3 Å². The predicted octanol–water partition coefficient (Wildman–Crippen LogP) is 5.09. The summed E-state index contributed by atoms with van der Waals surface area (Å²) in [6, 6.07) is 12.2. The van der Waals surface area contributed by atoms with Crippen molar-refractivity contribution in [1.82, 2.24) is 4.90 Å². The first kappa shape index (κ1) is 17.4. The molecule has 1 aliphatic heterocycles. The molecule has 0 saturated carbocycles. The molecule has 0 aromatic heterocycles. The van der Waals surface area contributed by atoms with Crippen LogP contribution in [0.5, 0.6) is 5.75 Å². The Kier molecular flexibility index (Phi) is 5.54. The zero-order valence-corrected chi connectivity index (χ0v) is 16.0. The number of ether oxygens (including phenoxy) is 1. The monoisotopic (exact) mass is 423 g/mol. The first-order valence-corrected chi connectivity index (χ1v) is 9.19. The highest BCUT2D eigenvalue weighted by atomic mass is 79.9. The number of carbonyl (C=O) groups is 1. The Balaban J connectivity index is 1.87. The van der Waals surface area contributed by atoms with Gasteiger partial charge in [-0.15, -0.1) is 0 Å². The number of esters is 1. The highest BCUT2D eigenvalue weighted by Gasteiger charge is 2.21. The molecule has 3 nitrogen and oxygen atoms in total. The second-order valence-corrected chi connectivity index (χ2v) is 7.28. The molecule has 6 heteroatoms. The van der Waals surface area contributed by atoms with Crippen LogP contribution in [0, 0.1) is 0 Å². The largest absolute Gasteiger partial charge is 0.422 e. The third kappa shape index (κ3) is 3.97. The van der Waals surface area contributed by atoms with Gasteiger partial charge in [0.05, 0.1) is 11.1 Å². The number of benzene rings is 2. The Morgan fingerprint density at radius 2 is 1.92 bits per heavy atom. The topological polar surface area (TPSA) is 29.5 Å². The Morgan fingerprint density at radius 1 is 1.17 bits per heavy atom. The molecule has 0 N–H and O–H groups in total. The van der Waals surface area contributed by atoms with Crippen molar-refractivity contribution in [1.29, 1.82) is 0 Å². The minimum Gasteiger partial charge on any atom is -0.422 e. The van der Waals surface area contributed by atoms with E-state index >= 15 is 0 Å². The van der Waals surface area contributed by atoms with Crippen LogP contribution in [-0.4, -0.2) is 28.9 Å². The average molecular weight is 425 g/mol. The maximum atomic E-state index is 12.4. The molecule has 2 aromatic rings. The molecule has 0 spiro atoms. The van der Waals surface area contributed by atoms with Crippen LogP contribution in [0.4, 0.5) is 0 Å². The lowest BCUT2D eigenvalue weighted by Gasteiger charge is -2.20. The summed E-state index contributed by atoms with van der Waals surface area (Å²) in [5, 5.41) is 0.494. The van der Waals surface area contributed by atoms with Crippen LogP contribution in [0.1, 0.15) is 28.8 Å². The van der Waals surface area contributed by atoms with Gasteiger partial charge in [-0.25, -0.2) is 4.79 Å². The molecule has 1 fully saturated rings. The van der Waals surface area contributed by atoms with E-state index < -0.39 is 5.97 Å². The fourth-order valence-electron chi connectivity index (χ4n) is 2.62. The summed E-state index contributed by atoms with van der Waals surface area (Å²) in [6.45, 7) is 1.88. The van der Waals surface area contributed by atoms with E-state index in [2.05, 4.69) is 20.8 Å². The van der Waals surface area contributed by atoms with Gasteiger partial charge in [-0.2, -0.15) is 0 Å². The number of likely N-dealkylation sites (tertiary alicyclic amines) is 1. The summed E-state index contributed by atoms with van der Waals surface area (Å²) in [7, 11) is 0. The number of hydrogen-bond donors (Lipinski definition) is 0. The number of halogens is 2. The normalized spacial score (nSPS) is 13.8. The zero-order valence-electron chi connectivity index (χ0n) is 12.8. The van der Waals surface area contributed by atoms with Crippen LogP contribution in [0.25, 0.3) is 0 Å². The van der Waals surface area contributed by atoms with Crippen molar-refractivity contribution in [2.75, 3.05) is 13.1 Å². The molecule has 1 aliphatic rings. The van der Waals surface area contributed by atoms with E-state index in [-0.39, 0.29) is 0 Å². The molecule has 0 amide bonds. The molecule has 0 radical (unpaired) electrons. The third-order valence-corrected chi connectivity index (χ3v) is 5.03. The maximum Gasteiger partial charge on any atom is 0.343 e. The number of hydrogen-bond acceptors (Lipinski definition) is 3. The van der Waals surface area contributed by atoms with Crippen molar-refractivity contribution in [3.63, 3.8) is 0 Å². The van der Waals surface area contributed by atoms with E-state index in [1.165, 1.54) is 0 Å². The molecule has 0 aliphatic carbocycles. The SMILES string of the molecule is O=C(Oc1ccc(Br)cc1C(=S)N1CCCC1)c1cccc(Cl)c1. The third-order valence-electron chi connectivity index (χ3n) is 3.83. The summed E-state index contributed by atoms with van der Waals surface area (Å²) in [6.07, 6.45) is 2.26. The maximum absolute atomic E-state index is 12.4. The van der Waals surface area contributed by atoms with E-state index in [4.69, 9.17) is 28.6 Å². The quantitative estimate of drug-likeness (QED) is 0.390. The van der Waals surface area contributed by atoms with Gasteiger partial charge in [-0.1, -0.05) is 45.8 Å². The number of carbonyl (C=O) groups excluding carboxylic acids is 1. The van der Waals surface area contributed by atoms with Crippen molar-refractivity contribution < 1.29 is 9.53 Å². The second kappa shape index (κ2) is 7.64. The number of rotatable bonds is 3. The molecule has 24 heavy (non-hydrogen) atoms. The van der Waals surface area contributed by atoms with Gasteiger partial charge in [0.1, 0.15) is 10.7 Å². The molecule has 3 rings (SSSR count). The minimum atomic E-state index is -0.453. The van der Waals surface area contributed by atoms with Crippen LogP contribution in [0.15, 0.2) is 46.9 Å². The lowest BCUT2D eigenvalue weighted by atomic mass is 10.2. The van der Waals surface area contributed by atoms with Gasteiger partial charge in [-0.05, 0) is 49.2 Å². The van der Waals surface area contributed by atoms with Crippen molar-refractivity contribution in [3.05, 3.63) is 63.1 Å². The number of thiocarbonyl (C=S) groups is 1. The van der Waals surface area contributed by atoms with Crippen LogP contribution >= 0.6 is 39.7 Å². The zero-order chi connectivity index (χ0) is 17.1. The summed E-state index contributed by atoms with van der Waals surface area (Å²) < 4.78 is 6.48. The molecule has 1 heterocycles. The van der Waals surface area contributed by atoms with E-state index in [9.17, 15) is 4.79 Å². The summed E-state index contributed by atoms with van der Waals surface area (Å²) >= 11 is 15.0. The van der Waals surface area contributed by atoms with Gasteiger partial charge in [0, 0.05) is 22.6 Å². The van der Waals surface area contributed by atoms with Gasteiger partial charge >= 0.3 is 5.97 Å². The van der Waals surface area contributed by atoms with Gasteiger partial charge in [0.25, 0.3) is 0 Å². The van der Waals surface area contributed by atoms with Crippen LogP contribution in [0.3, 0.4) is 0 Å². The molecular formula is C18H15BrClNO2S. The van der Waals surface area contributed by atoms with Gasteiger partial charge in [0.15, 0.2) is 0 Å². The van der Waals surface area contributed by atoms with Gasteiger partial charge < -0.3 is 9.64 Å². The van der Waals surface area contributed by atoms with Crippen LogP contribution in [-0.2, 0) is 0 Å². The first-order valence-electron chi connectivity index (χ1n) is 7.61. The average Bonchev–Trinajstić information content (AvgIpc) is 3.10. The molecular weight excluding hydrogens is 410 g/mol. The second-order valence-electron chi connectivity index (χ2n) is 5.54. The van der Waals surface area contributed by atoms with Crippen LogP contribution < -0.4 is 4.74 Å². The molecule has 0 bridgehead atoms. The lowest BCUT2D eigenvalue weighted by molar-refractivity contribution is 0.0734. The summed E-state index contributed by atoms with van der Waals surface area (Å²) in [5.41, 5.74) is 1.15. The molecule has 1 saturated heterocycles. The molecule has 0 atom stereocenters. The van der Waals surface area contributed by atoms with Crippen molar-refractivity contribution in [3.8, 4) is 5.75 Å². The predicted molar refractivity (Wildman–Crippen MR) is 103 cm³/mol. The van der Waals surface area contributed by atoms with Crippen molar-refractivity contribution in [2.24, 2.45) is 0 Å². The van der Waals surface area contributed by atoms with Gasteiger partial charge in [-0.3, -0.25) is 0 Å². The molecule has 2 aromatic carbocycles. The summed E-state index contributed by atoms with van der Waals surface area (Å²) in [4.78, 5) is 15.3. The van der Waals surface area contributed by atoms with E-state index in [1.807, 2.05) is 12.1 Å². The Bertz CT molecular complexity index is 790. The highest BCUT2D eigenvalue weighted by molar-refractivity contribution is 9.10. The highest BCUT2D eigenvalue weighted by Crippen LogP contribution is 2.27. The smallest absolute Gasteiger partial charge is 0.343 e. The Hall–Kier alpha value is -1.43. The fourth-order valence-corrected chi connectivity index (χ4v) is 3.52. The van der Waals surface area contributed by atoms with Crippen LogP contribution in [0.2, 0.25) is 5.02 Å². The molecule has 0 unspecified atom stereocenters. The summed E-state index contributed by atoms with van der Waals surface area (Å²) in [5.74, 6) is 0.00497. The van der Waals surface area contributed by atoms with Gasteiger partial charge in [0.2, 0.25) is 0 Å². The Labute approximate surface area is 159 Å². The minimum absolute atomic E-state index is 0.406. The Morgan fingerprint density at radius 3 is 2.62 bits per heavy atom. The van der Waals surface area contributed by atoms with E-state index in [0.717, 1.165) is 36.0 Å². The van der Waals surface area contributed by atoms with Crippen molar-refractivity contribution >= 4 is 50.7 Å². The van der Waals surface area contributed by atoms with Crippen molar-refractivity contribution in [2.45, 2.75) is 12.8 Å².